The van der Waals surface area contributed by atoms with E-state index in [0.29, 0.717) is 8.91 Å². The van der Waals surface area contributed by atoms with Gasteiger partial charge >= 0.3 is 0 Å². The lowest BCUT2D eigenvalue weighted by Crippen LogP contribution is -2.34. The van der Waals surface area contributed by atoms with Gasteiger partial charge in [0.2, 0.25) is 0 Å². The Labute approximate surface area is 151 Å². The van der Waals surface area contributed by atoms with Gasteiger partial charge in [0, 0.05) is 4.83 Å². The molecule has 0 aromatic rings. The molecular formula is C18H37BrS2. The van der Waals surface area contributed by atoms with E-state index in [0.717, 1.165) is 5.92 Å². The van der Waals surface area contributed by atoms with Gasteiger partial charge in [0.05, 0.1) is 4.08 Å². The largest absolute Gasteiger partial charge is 0.144 e. The Morgan fingerprint density at radius 1 is 0.857 bits per heavy atom. The second-order valence-electron chi connectivity index (χ2n) is 6.01. The van der Waals surface area contributed by atoms with Crippen LogP contribution in [0.2, 0.25) is 0 Å². The standard InChI is InChI=1S/C18H37BrS2/c1-6-10-11-12-13-14-15-16(7-2)17(19)18(5,20-8-3)21-9-4/h16-17H,6-15H2,1-5H3. The molecule has 0 saturated carbocycles. The normalized spacial score (nSPS) is 15.1. The number of halogens is 1. The molecule has 2 atom stereocenters. The highest BCUT2D eigenvalue weighted by atomic mass is 79.9. The summed E-state index contributed by atoms with van der Waals surface area (Å²) in [6.45, 7) is 11.7. The maximum atomic E-state index is 4.08. The first-order chi connectivity index (χ1) is 10.1. The molecule has 0 rings (SSSR count). The first-order valence-electron chi connectivity index (χ1n) is 8.97. The van der Waals surface area contributed by atoms with E-state index in [1.165, 1.54) is 62.9 Å². The summed E-state index contributed by atoms with van der Waals surface area (Å²) in [6.07, 6.45) is 11.2. The fraction of sp³-hybridized carbons (Fsp3) is 1.00. The Kier molecular flexibility index (Phi) is 14.4. The van der Waals surface area contributed by atoms with E-state index in [1.54, 1.807) is 0 Å². The summed E-state index contributed by atoms with van der Waals surface area (Å²) in [5, 5.41) is 0. The molecule has 0 heterocycles. The molecule has 0 bridgehead atoms. The maximum Gasteiger partial charge on any atom is 0.0709 e. The summed E-state index contributed by atoms with van der Waals surface area (Å²) < 4.78 is 0.326. The Bertz CT molecular complexity index is 227. The zero-order valence-corrected chi connectivity index (χ0v) is 18.1. The van der Waals surface area contributed by atoms with E-state index in [4.69, 9.17) is 0 Å². The van der Waals surface area contributed by atoms with Crippen molar-refractivity contribution in [1.82, 2.24) is 0 Å². The Morgan fingerprint density at radius 3 is 1.86 bits per heavy atom. The van der Waals surface area contributed by atoms with Gasteiger partial charge in [-0.25, -0.2) is 0 Å². The van der Waals surface area contributed by atoms with Crippen LogP contribution in [0.3, 0.4) is 0 Å². The highest BCUT2D eigenvalue weighted by Gasteiger charge is 2.36. The van der Waals surface area contributed by atoms with Gasteiger partial charge in [0.1, 0.15) is 0 Å². The summed E-state index contributed by atoms with van der Waals surface area (Å²) in [7, 11) is 0. The fourth-order valence-corrected chi connectivity index (χ4v) is 7.27. The minimum atomic E-state index is 0.326. The van der Waals surface area contributed by atoms with Crippen LogP contribution in [0.1, 0.15) is 86.0 Å². The third-order valence-corrected chi connectivity index (χ3v) is 9.44. The molecule has 0 aromatic heterocycles. The molecule has 0 aromatic carbocycles. The number of unbranched alkanes of at least 4 members (excludes halogenated alkanes) is 5. The van der Waals surface area contributed by atoms with Gasteiger partial charge in [0.15, 0.2) is 0 Å². The second-order valence-corrected chi connectivity index (χ2v) is 10.7. The average Bonchev–Trinajstić information content (AvgIpc) is 2.46. The molecule has 0 N–H and O–H groups in total. The average molecular weight is 398 g/mol. The van der Waals surface area contributed by atoms with Gasteiger partial charge in [0.25, 0.3) is 0 Å². The molecule has 128 valence electrons. The minimum Gasteiger partial charge on any atom is -0.144 e. The smallest absolute Gasteiger partial charge is 0.0709 e. The summed E-state index contributed by atoms with van der Waals surface area (Å²) >= 11 is 8.32. The lowest BCUT2D eigenvalue weighted by molar-refractivity contribution is 0.419. The number of thioether (sulfide) groups is 2. The van der Waals surface area contributed by atoms with Crippen molar-refractivity contribution >= 4 is 39.5 Å². The van der Waals surface area contributed by atoms with Gasteiger partial charge in [-0.05, 0) is 30.8 Å². The zero-order chi connectivity index (χ0) is 16.1. The van der Waals surface area contributed by atoms with Crippen LogP contribution in [-0.4, -0.2) is 20.4 Å². The van der Waals surface area contributed by atoms with E-state index in [9.17, 15) is 0 Å². The van der Waals surface area contributed by atoms with Gasteiger partial charge in [-0.15, -0.1) is 23.5 Å². The summed E-state index contributed by atoms with van der Waals surface area (Å²) in [6, 6.07) is 0. The number of rotatable bonds is 14. The van der Waals surface area contributed by atoms with E-state index in [-0.39, 0.29) is 0 Å². The third kappa shape index (κ3) is 9.15. The van der Waals surface area contributed by atoms with E-state index in [2.05, 4.69) is 74.1 Å². The van der Waals surface area contributed by atoms with Crippen molar-refractivity contribution in [3.8, 4) is 0 Å². The predicted octanol–water partition coefficient (Wildman–Crippen LogP) is 7.75. The summed E-state index contributed by atoms with van der Waals surface area (Å²) in [5.41, 5.74) is 0. The van der Waals surface area contributed by atoms with Crippen molar-refractivity contribution in [1.29, 1.82) is 0 Å². The van der Waals surface area contributed by atoms with E-state index >= 15 is 0 Å². The number of hydrogen-bond acceptors (Lipinski definition) is 2. The molecule has 3 heteroatoms. The van der Waals surface area contributed by atoms with Gasteiger partial charge in [-0.1, -0.05) is 88.6 Å². The van der Waals surface area contributed by atoms with Crippen LogP contribution < -0.4 is 0 Å². The van der Waals surface area contributed by atoms with Crippen molar-refractivity contribution in [2.75, 3.05) is 11.5 Å². The molecule has 0 aliphatic rings. The number of alkyl halides is 1. The molecule has 0 radical (unpaired) electrons. The van der Waals surface area contributed by atoms with Crippen molar-refractivity contribution < 1.29 is 0 Å². The van der Waals surface area contributed by atoms with Crippen molar-refractivity contribution in [2.45, 2.75) is 94.9 Å². The highest BCUT2D eigenvalue weighted by Crippen LogP contribution is 2.47. The van der Waals surface area contributed by atoms with Crippen molar-refractivity contribution in [3.05, 3.63) is 0 Å². The SMILES string of the molecule is CCCCCCCCC(CC)C(Br)C(C)(SCC)SCC. The Hall–Kier alpha value is 1.18. The van der Waals surface area contributed by atoms with Gasteiger partial charge in [-0.2, -0.15) is 0 Å². The van der Waals surface area contributed by atoms with Gasteiger partial charge in [-0.3, -0.25) is 0 Å². The lowest BCUT2D eigenvalue weighted by Gasteiger charge is -2.37. The monoisotopic (exact) mass is 396 g/mol. The molecule has 21 heavy (non-hydrogen) atoms. The molecule has 2 unspecified atom stereocenters. The first-order valence-corrected chi connectivity index (χ1v) is 11.9. The molecule has 0 fully saturated rings. The van der Waals surface area contributed by atoms with Crippen LogP contribution >= 0.6 is 39.5 Å². The molecule has 0 spiro atoms. The van der Waals surface area contributed by atoms with Gasteiger partial charge < -0.3 is 0 Å². The minimum absolute atomic E-state index is 0.326. The maximum absolute atomic E-state index is 4.08. The first kappa shape index (κ1) is 22.2. The number of hydrogen-bond donors (Lipinski definition) is 0. The summed E-state index contributed by atoms with van der Waals surface area (Å²) in [5.74, 6) is 3.23. The third-order valence-electron chi connectivity index (χ3n) is 4.23. The molecule has 0 aliphatic heterocycles. The molecule has 0 aliphatic carbocycles. The molecule has 0 amide bonds. The fourth-order valence-electron chi connectivity index (χ4n) is 2.95. The van der Waals surface area contributed by atoms with Crippen LogP contribution in [0, 0.1) is 5.92 Å². The lowest BCUT2D eigenvalue weighted by atomic mass is 9.93. The Balaban J connectivity index is 4.27. The predicted molar refractivity (Wildman–Crippen MR) is 109 cm³/mol. The molecule has 0 nitrogen and oxygen atoms in total. The Morgan fingerprint density at radius 2 is 1.38 bits per heavy atom. The van der Waals surface area contributed by atoms with Crippen LogP contribution in [0.5, 0.6) is 0 Å². The van der Waals surface area contributed by atoms with Crippen LogP contribution in [0.15, 0.2) is 0 Å². The zero-order valence-electron chi connectivity index (χ0n) is 14.9. The van der Waals surface area contributed by atoms with Crippen LogP contribution in [-0.2, 0) is 0 Å². The summed E-state index contributed by atoms with van der Waals surface area (Å²) in [4.78, 5) is 0.626. The van der Waals surface area contributed by atoms with E-state index in [1.807, 2.05) is 0 Å². The second kappa shape index (κ2) is 13.6. The van der Waals surface area contributed by atoms with Crippen molar-refractivity contribution in [3.63, 3.8) is 0 Å². The molecular weight excluding hydrogens is 360 g/mol. The quantitative estimate of drug-likeness (QED) is 0.167. The van der Waals surface area contributed by atoms with Crippen LogP contribution in [0.4, 0.5) is 0 Å². The topological polar surface area (TPSA) is 0 Å². The molecule has 0 saturated heterocycles. The highest BCUT2D eigenvalue weighted by molar-refractivity contribution is 9.09. The van der Waals surface area contributed by atoms with Crippen molar-refractivity contribution in [2.24, 2.45) is 5.92 Å². The van der Waals surface area contributed by atoms with Crippen LogP contribution in [0.25, 0.3) is 0 Å². The van der Waals surface area contributed by atoms with E-state index < -0.39 is 0 Å².